The lowest BCUT2D eigenvalue weighted by Gasteiger charge is -2.56. The average molecular weight is 346 g/mol. The highest BCUT2D eigenvalue weighted by Gasteiger charge is 2.56. The van der Waals surface area contributed by atoms with Gasteiger partial charge in [-0.15, -0.1) is 0 Å². The summed E-state index contributed by atoms with van der Waals surface area (Å²) in [5.41, 5.74) is 2.32. The van der Waals surface area contributed by atoms with E-state index in [-0.39, 0.29) is 23.7 Å². The van der Waals surface area contributed by atoms with E-state index >= 15 is 0 Å². The van der Waals surface area contributed by atoms with Crippen molar-refractivity contribution in [3.63, 3.8) is 0 Å². The third kappa shape index (κ3) is 3.53. The Morgan fingerprint density at radius 2 is 1.96 bits per heavy atom. The summed E-state index contributed by atoms with van der Waals surface area (Å²) >= 11 is 0. The second-order valence-electron chi connectivity index (χ2n) is 7.20. The molecule has 2 N–H and O–H groups in total. The van der Waals surface area contributed by atoms with Gasteiger partial charge in [0, 0.05) is 38.1 Å². The van der Waals surface area contributed by atoms with Gasteiger partial charge in [0.2, 0.25) is 0 Å². The molecule has 0 bridgehead atoms. The topological polar surface area (TPSA) is 61.8 Å². The first-order valence-corrected chi connectivity index (χ1v) is 9.50. The van der Waals surface area contributed by atoms with Crippen LogP contribution in [0.2, 0.25) is 0 Å². The molecular formula is C20H30N2O3. The molecule has 1 aromatic carbocycles. The number of piperidine rings is 1. The van der Waals surface area contributed by atoms with Gasteiger partial charge in [-0.1, -0.05) is 31.2 Å². The summed E-state index contributed by atoms with van der Waals surface area (Å²) in [7, 11) is 0. The van der Waals surface area contributed by atoms with Crippen LogP contribution in [0.4, 0.5) is 4.79 Å². The number of rotatable bonds is 5. The van der Waals surface area contributed by atoms with Gasteiger partial charge in [0.25, 0.3) is 0 Å². The fourth-order valence-electron chi connectivity index (χ4n) is 4.30. The van der Waals surface area contributed by atoms with E-state index < -0.39 is 0 Å². The molecule has 1 saturated carbocycles. The van der Waals surface area contributed by atoms with Crippen molar-refractivity contribution in [1.29, 1.82) is 0 Å². The number of nitrogens with zero attached hydrogens (tertiary/aromatic N) is 1. The molecule has 1 aliphatic heterocycles. The number of urea groups is 1. The summed E-state index contributed by atoms with van der Waals surface area (Å²) in [6, 6.07) is 8.21. The van der Waals surface area contributed by atoms with E-state index in [1.165, 1.54) is 11.1 Å². The normalized spacial score (nSPS) is 24.8. The Morgan fingerprint density at radius 1 is 1.28 bits per heavy atom. The lowest BCUT2D eigenvalue weighted by atomic mass is 9.58. The van der Waals surface area contributed by atoms with Crippen LogP contribution in [-0.2, 0) is 17.7 Å². The zero-order valence-corrected chi connectivity index (χ0v) is 15.3. The minimum absolute atomic E-state index is 0.0115. The third-order valence-corrected chi connectivity index (χ3v) is 6.02. The number of carbonyl (C=O) groups is 1. The molecule has 2 amide bonds. The van der Waals surface area contributed by atoms with Crippen molar-refractivity contribution in [2.75, 3.05) is 19.7 Å². The molecule has 5 heteroatoms. The second-order valence-corrected chi connectivity index (χ2v) is 7.20. The second kappa shape index (κ2) is 7.75. The Labute approximate surface area is 150 Å². The number of aliphatic hydroxyl groups excluding tert-OH is 1. The van der Waals surface area contributed by atoms with E-state index in [0.717, 1.165) is 25.7 Å². The van der Waals surface area contributed by atoms with Crippen molar-refractivity contribution in [2.24, 2.45) is 5.41 Å². The van der Waals surface area contributed by atoms with Crippen molar-refractivity contribution in [2.45, 2.75) is 58.3 Å². The number of carbonyl (C=O) groups excluding carboxylic acids is 1. The molecule has 1 heterocycles. The molecule has 5 nitrogen and oxygen atoms in total. The van der Waals surface area contributed by atoms with Gasteiger partial charge in [-0.2, -0.15) is 0 Å². The van der Waals surface area contributed by atoms with E-state index in [2.05, 4.69) is 24.4 Å². The first-order valence-electron chi connectivity index (χ1n) is 9.50. The molecule has 2 aliphatic rings. The summed E-state index contributed by atoms with van der Waals surface area (Å²) in [5.74, 6) is 0. The van der Waals surface area contributed by atoms with Crippen molar-refractivity contribution in [1.82, 2.24) is 10.2 Å². The number of aliphatic hydroxyl groups is 1. The molecule has 2 atom stereocenters. The number of aryl methyl sites for hydroxylation is 1. The van der Waals surface area contributed by atoms with E-state index in [1.54, 1.807) is 0 Å². The predicted octanol–water partition coefficient (Wildman–Crippen LogP) is 2.71. The lowest BCUT2D eigenvalue weighted by molar-refractivity contribution is -0.207. The highest BCUT2D eigenvalue weighted by atomic mass is 16.5. The van der Waals surface area contributed by atoms with Crippen molar-refractivity contribution >= 4 is 6.03 Å². The first kappa shape index (κ1) is 18.2. The van der Waals surface area contributed by atoms with E-state index in [0.29, 0.717) is 26.2 Å². The molecule has 0 aromatic heterocycles. The van der Waals surface area contributed by atoms with Gasteiger partial charge in [0.1, 0.15) is 0 Å². The third-order valence-electron chi connectivity index (χ3n) is 6.02. The van der Waals surface area contributed by atoms with Crippen LogP contribution in [0.25, 0.3) is 0 Å². The number of nitrogens with one attached hydrogen (secondary N) is 1. The molecule has 1 saturated heterocycles. The molecule has 2 unspecified atom stereocenters. The van der Waals surface area contributed by atoms with Crippen LogP contribution in [0.3, 0.4) is 0 Å². The fraction of sp³-hybridized carbons (Fsp3) is 0.650. The largest absolute Gasteiger partial charge is 0.392 e. The van der Waals surface area contributed by atoms with Crippen molar-refractivity contribution in [3.8, 4) is 0 Å². The number of hydrogen-bond acceptors (Lipinski definition) is 3. The number of likely N-dealkylation sites (tertiary alicyclic amines) is 1. The maximum Gasteiger partial charge on any atom is 0.317 e. The highest BCUT2D eigenvalue weighted by Crippen LogP contribution is 2.50. The zero-order valence-electron chi connectivity index (χ0n) is 15.3. The highest BCUT2D eigenvalue weighted by molar-refractivity contribution is 5.74. The minimum Gasteiger partial charge on any atom is -0.392 e. The molecule has 138 valence electrons. The molecule has 0 radical (unpaired) electrons. The fourth-order valence-corrected chi connectivity index (χ4v) is 4.30. The summed E-state index contributed by atoms with van der Waals surface area (Å²) in [6.45, 7) is 6.73. The predicted molar refractivity (Wildman–Crippen MR) is 97.3 cm³/mol. The van der Waals surface area contributed by atoms with E-state index in [4.69, 9.17) is 4.74 Å². The van der Waals surface area contributed by atoms with E-state index in [9.17, 15) is 9.90 Å². The van der Waals surface area contributed by atoms with Crippen molar-refractivity contribution in [3.05, 3.63) is 35.4 Å². The van der Waals surface area contributed by atoms with Gasteiger partial charge in [-0.3, -0.25) is 0 Å². The molecule has 1 aromatic rings. The van der Waals surface area contributed by atoms with Crippen LogP contribution in [-0.4, -0.2) is 47.9 Å². The van der Waals surface area contributed by atoms with Crippen LogP contribution in [0.15, 0.2) is 24.3 Å². The number of ether oxygens (including phenoxy) is 1. The molecule has 3 rings (SSSR count). The molecule has 1 aliphatic carbocycles. The SMILES string of the molecule is CCOC1CC(O)C12CCN(C(=O)NCc1ccccc1CC)CC2. The average Bonchev–Trinajstić information content (AvgIpc) is 2.66. The van der Waals surface area contributed by atoms with Crippen LogP contribution in [0.1, 0.15) is 44.2 Å². The van der Waals surface area contributed by atoms with Crippen molar-refractivity contribution < 1.29 is 14.6 Å². The maximum absolute atomic E-state index is 12.5. The van der Waals surface area contributed by atoms with Gasteiger partial charge in [0.15, 0.2) is 0 Å². The van der Waals surface area contributed by atoms with Gasteiger partial charge < -0.3 is 20.1 Å². The Balaban J connectivity index is 1.52. The lowest BCUT2D eigenvalue weighted by Crippen LogP contribution is -2.63. The van der Waals surface area contributed by atoms with Crippen LogP contribution < -0.4 is 5.32 Å². The van der Waals surface area contributed by atoms with Crippen LogP contribution >= 0.6 is 0 Å². The number of benzene rings is 1. The quantitative estimate of drug-likeness (QED) is 0.862. The van der Waals surface area contributed by atoms with E-state index in [1.807, 2.05) is 24.0 Å². The Morgan fingerprint density at radius 3 is 2.56 bits per heavy atom. The van der Waals surface area contributed by atoms with Crippen LogP contribution in [0, 0.1) is 5.41 Å². The Bertz CT molecular complexity index is 594. The zero-order chi connectivity index (χ0) is 17.9. The van der Waals surface area contributed by atoms with Gasteiger partial charge >= 0.3 is 6.03 Å². The Hall–Kier alpha value is -1.59. The summed E-state index contributed by atoms with van der Waals surface area (Å²) in [6.07, 6.45) is 3.19. The Kier molecular flexibility index (Phi) is 5.64. The summed E-state index contributed by atoms with van der Waals surface area (Å²) in [5, 5.41) is 13.3. The monoisotopic (exact) mass is 346 g/mol. The van der Waals surface area contributed by atoms with Crippen LogP contribution in [0.5, 0.6) is 0 Å². The minimum atomic E-state index is -0.286. The molecule has 2 fully saturated rings. The molecule has 25 heavy (non-hydrogen) atoms. The summed E-state index contributed by atoms with van der Waals surface area (Å²) < 4.78 is 5.79. The molecule has 1 spiro atoms. The number of hydrogen-bond donors (Lipinski definition) is 2. The van der Waals surface area contributed by atoms with Gasteiger partial charge in [-0.25, -0.2) is 4.79 Å². The first-order chi connectivity index (χ1) is 12.1. The number of amides is 2. The smallest absolute Gasteiger partial charge is 0.317 e. The van der Waals surface area contributed by atoms with Gasteiger partial charge in [0.05, 0.1) is 12.2 Å². The molecular weight excluding hydrogens is 316 g/mol. The van der Waals surface area contributed by atoms with Gasteiger partial charge in [-0.05, 0) is 37.3 Å². The summed E-state index contributed by atoms with van der Waals surface area (Å²) in [4.78, 5) is 14.4. The standard InChI is InChI=1S/C20H30N2O3/c1-3-15-7-5-6-8-16(15)14-21-19(24)22-11-9-20(10-12-22)17(23)13-18(20)25-4-2/h5-8,17-18,23H,3-4,9-14H2,1-2H3,(H,21,24). The maximum atomic E-state index is 12.5.